The molecule has 2 N–H and O–H groups in total. The van der Waals surface area contributed by atoms with Crippen molar-refractivity contribution in [1.29, 1.82) is 0 Å². The molecule has 2 aromatic heterocycles. The molecule has 3 heterocycles. The first-order chi connectivity index (χ1) is 14.2. The molecule has 0 radical (unpaired) electrons. The second kappa shape index (κ2) is 7.37. The Morgan fingerprint density at radius 3 is 2.79 bits per heavy atom. The summed E-state index contributed by atoms with van der Waals surface area (Å²) in [5, 5.41) is 7.87. The molecule has 5 rings (SSSR count). The van der Waals surface area contributed by atoms with Crippen molar-refractivity contribution < 1.29 is 4.79 Å². The fourth-order valence-corrected chi connectivity index (χ4v) is 4.05. The highest BCUT2D eigenvalue weighted by Crippen LogP contribution is 2.28. The first-order valence-corrected chi connectivity index (χ1v) is 10.1. The molecule has 0 unspecified atom stereocenters. The van der Waals surface area contributed by atoms with Crippen molar-refractivity contribution >= 4 is 28.5 Å². The van der Waals surface area contributed by atoms with Crippen LogP contribution in [0.4, 0.5) is 0 Å². The van der Waals surface area contributed by atoms with Gasteiger partial charge in [0, 0.05) is 29.6 Å². The van der Waals surface area contributed by atoms with Gasteiger partial charge in [-0.15, -0.1) is 0 Å². The standard InChI is InChI=1S/C22H20ClN5O/c23-16-9-7-14(8-10-16)19-12-20(27-26-19)22(29)28-11-3-4-15(13-28)21-24-17-5-1-2-6-18(17)25-21/h1-2,5-10,12,15H,3-4,11,13H2,(H,24,25)(H,26,27)/t15-/m1/s1. The van der Waals surface area contributed by atoms with E-state index in [-0.39, 0.29) is 11.8 Å². The van der Waals surface area contributed by atoms with E-state index < -0.39 is 0 Å². The number of piperidine rings is 1. The highest BCUT2D eigenvalue weighted by atomic mass is 35.5. The van der Waals surface area contributed by atoms with Crippen LogP contribution in [0, 0.1) is 0 Å². The van der Waals surface area contributed by atoms with Gasteiger partial charge in [0.15, 0.2) is 0 Å². The van der Waals surface area contributed by atoms with Crippen molar-refractivity contribution in [1.82, 2.24) is 25.1 Å². The number of para-hydroxylation sites is 2. The van der Waals surface area contributed by atoms with Crippen LogP contribution in [0.15, 0.2) is 54.6 Å². The van der Waals surface area contributed by atoms with Crippen LogP contribution in [-0.2, 0) is 0 Å². The van der Waals surface area contributed by atoms with Gasteiger partial charge in [-0.2, -0.15) is 5.10 Å². The summed E-state index contributed by atoms with van der Waals surface area (Å²) in [7, 11) is 0. The number of fused-ring (bicyclic) bond motifs is 1. The fourth-order valence-electron chi connectivity index (χ4n) is 3.92. The van der Waals surface area contributed by atoms with Crippen LogP contribution in [0.5, 0.6) is 0 Å². The van der Waals surface area contributed by atoms with E-state index in [1.165, 1.54) is 0 Å². The molecule has 1 aliphatic heterocycles. The SMILES string of the molecule is O=C(c1cc(-c2ccc(Cl)cc2)n[nH]1)N1CCC[C@@H](c2nc3ccccc3[nH]2)C1. The van der Waals surface area contributed by atoms with Crippen molar-refractivity contribution in [3.05, 3.63) is 71.1 Å². The fraction of sp³-hybridized carbons (Fsp3) is 0.227. The summed E-state index contributed by atoms with van der Waals surface area (Å²) in [5.41, 5.74) is 4.15. The number of hydrogen-bond acceptors (Lipinski definition) is 3. The van der Waals surface area contributed by atoms with Gasteiger partial charge in [0.2, 0.25) is 0 Å². The number of amides is 1. The van der Waals surface area contributed by atoms with Crippen LogP contribution in [0.2, 0.25) is 5.02 Å². The van der Waals surface area contributed by atoms with Gasteiger partial charge in [0.25, 0.3) is 5.91 Å². The molecule has 4 aromatic rings. The maximum Gasteiger partial charge on any atom is 0.271 e. The van der Waals surface area contributed by atoms with Crippen molar-refractivity contribution in [3.63, 3.8) is 0 Å². The molecule has 6 nitrogen and oxygen atoms in total. The number of nitrogens with one attached hydrogen (secondary N) is 2. The zero-order valence-corrected chi connectivity index (χ0v) is 16.5. The number of aromatic nitrogens is 4. The summed E-state index contributed by atoms with van der Waals surface area (Å²) in [6.07, 6.45) is 1.97. The number of benzene rings is 2. The number of carbonyl (C=O) groups is 1. The molecule has 2 aromatic carbocycles. The second-order valence-electron chi connectivity index (χ2n) is 7.40. The Kier molecular flexibility index (Phi) is 4.56. The van der Waals surface area contributed by atoms with E-state index in [1.807, 2.05) is 53.4 Å². The van der Waals surface area contributed by atoms with Gasteiger partial charge in [-0.1, -0.05) is 35.9 Å². The van der Waals surface area contributed by atoms with E-state index >= 15 is 0 Å². The number of hydrogen-bond donors (Lipinski definition) is 2. The molecule has 1 aliphatic rings. The maximum atomic E-state index is 13.1. The summed E-state index contributed by atoms with van der Waals surface area (Å²) < 4.78 is 0. The van der Waals surface area contributed by atoms with Crippen LogP contribution >= 0.6 is 11.6 Å². The average molecular weight is 406 g/mol. The molecule has 0 bridgehead atoms. The predicted molar refractivity (Wildman–Crippen MR) is 113 cm³/mol. The maximum absolute atomic E-state index is 13.1. The smallest absolute Gasteiger partial charge is 0.271 e. The number of nitrogens with zero attached hydrogens (tertiary/aromatic N) is 3. The Labute approximate surface area is 172 Å². The van der Waals surface area contributed by atoms with Crippen LogP contribution in [0.25, 0.3) is 22.3 Å². The number of likely N-dealkylation sites (tertiary alicyclic amines) is 1. The molecule has 1 amide bonds. The summed E-state index contributed by atoms with van der Waals surface area (Å²) in [6.45, 7) is 1.39. The second-order valence-corrected chi connectivity index (χ2v) is 7.84. The number of rotatable bonds is 3. The third-order valence-corrected chi connectivity index (χ3v) is 5.70. The van der Waals surface area contributed by atoms with Gasteiger partial charge >= 0.3 is 0 Å². The van der Waals surface area contributed by atoms with Crippen LogP contribution in [0.3, 0.4) is 0 Å². The van der Waals surface area contributed by atoms with Gasteiger partial charge in [-0.25, -0.2) is 4.98 Å². The summed E-state index contributed by atoms with van der Waals surface area (Å²) in [5.74, 6) is 1.13. The quantitative estimate of drug-likeness (QED) is 0.521. The number of halogens is 1. The molecular formula is C22H20ClN5O. The Balaban J connectivity index is 1.34. The molecule has 0 saturated carbocycles. The molecular weight excluding hydrogens is 386 g/mol. The predicted octanol–water partition coefficient (Wildman–Crippen LogP) is 4.63. The zero-order valence-electron chi connectivity index (χ0n) is 15.7. The van der Waals surface area contributed by atoms with Crippen molar-refractivity contribution in [2.45, 2.75) is 18.8 Å². The highest BCUT2D eigenvalue weighted by molar-refractivity contribution is 6.30. The number of H-pyrrole nitrogens is 2. The normalized spacial score (nSPS) is 17.0. The summed E-state index contributed by atoms with van der Waals surface area (Å²) in [6, 6.07) is 17.2. The zero-order chi connectivity index (χ0) is 19.8. The minimum atomic E-state index is -0.0291. The molecule has 7 heteroatoms. The van der Waals surface area contributed by atoms with E-state index in [9.17, 15) is 4.79 Å². The molecule has 146 valence electrons. The van der Waals surface area contributed by atoms with Crippen LogP contribution in [0.1, 0.15) is 35.1 Å². The van der Waals surface area contributed by atoms with E-state index in [1.54, 1.807) is 6.07 Å². The van der Waals surface area contributed by atoms with Crippen molar-refractivity contribution in [3.8, 4) is 11.3 Å². The third kappa shape index (κ3) is 3.51. The largest absolute Gasteiger partial charge is 0.342 e. The molecule has 0 aliphatic carbocycles. The Morgan fingerprint density at radius 2 is 1.97 bits per heavy atom. The van der Waals surface area contributed by atoms with Gasteiger partial charge in [0.1, 0.15) is 11.5 Å². The summed E-state index contributed by atoms with van der Waals surface area (Å²) >= 11 is 5.95. The summed E-state index contributed by atoms with van der Waals surface area (Å²) in [4.78, 5) is 23.1. The topological polar surface area (TPSA) is 77.7 Å². The lowest BCUT2D eigenvalue weighted by Gasteiger charge is -2.31. The highest BCUT2D eigenvalue weighted by Gasteiger charge is 2.28. The van der Waals surface area contributed by atoms with E-state index in [0.29, 0.717) is 17.3 Å². The number of aromatic amines is 2. The average Bonchev–Trinajstić information content (AvgIpc) is 3.41. The van der Waals surface area contributed by atoms with E-state index in [2.05, 4.69) is 15.2 Å². The first-order valence-electron chi connectivity index (χ1n) is 9.72. The molecule has 1 atom stereocenters. The van der Waals surface area contributed by atoms with E-state index in [4.69, 9.17) is 16.6 Å². The monoisotopic (exact) mass is 405 g/mol. The van der Waals surface area contributed by atoms with Gasteiger partial charge in [-0.05, 0) is 43.2 Å². The van der Waals surface area contributed by atoms with Gasteiger partial charge in [-0.3, -0.25) is 9.89 Å². The lowest BCUT2D eigenvalue weighted by Crippen LogP contribution is -2.39. The van der Waals surface area contributed by atoms with E-state index in [0.717, 1.165) is 47.5 Å². The van der Waals surface area contributed by atoms with Crippen LogP contribution in [-0.4, -0.2) is 44.1 Å². The van der Waals surface area contributed by atoms with Crippen molar-refractivity contribution in [2.75, 3.05) is 13.1 Å². The van der Waals surface area contributed by atoms with Gasteiger partial charge in [0.05, 0.1) is 16.7 Å². The lowest BCUT2D eigenvalue weighted by molar-refractivity contribution is 0.0699. The van der Waals surface area contributed by atoms with Crippen LogP contribution < -0.4 is 0 Å². The minimum absolute atomic E-state index is 0.0291. The third-order valence-electron chi connectivity index (χ3n) is 5.45. The molecule has 1 saturated heterocycles. The molecule has 0 spiro atoms. The number of carbonyl (C=O) groups excluding carboxylic acids is 1. The first kappa shape index (κ1) is 17.9. The molecule has 1 fully saturated rings. The van der Waals surface area contributed by atoms with Crippen molar-refractivity contribution in [2.24, 2.45) is 0 Å². The lowest BCUT2D eigenvalue weighted by atomic mass is 9.97. The minimum Gasteiger partial charge on any atom is -0.342 e. The van der Waals surface area contributed by atoms with Gasteiger partial charge < -0.3 is 9.88 Å². The molecule has 29 heavy (non-hydrogen) atoms. The Bertz CT molecular complexity index is 1130. The Hall–Kier alpha value is -3.12. The Morgan fingerprint density at radius 1 is 1.14 bits per heavy atom. The number of imidazole rings is 1.